The van der Waals surface area contributed by atoms with Crippen LogP contribution < -0.4 is 4.74 Å². The number of rotatable bonds is 4. The van der Waals surface area contributed by atoms with Crippen LogP contribution in [0.5, 0.6) is 5.75 Å². The lowest BCUT2D eigenvalue weighted by atomic mass is 9.78. The zero-order valence-electron chi connectivity index (χ0n) is 16.4. The number of benzene rings is 1. The molecule has 3 heterocycles. The fourth-order valence-electron chi connectivity index (χ4n) is 4.34. The molecule has 0 unspecified atom stereocenters. The highest BCUT2D eigenvalue weighted by Crippen LogP contribution is 2.40. The predicted octanol–water partition coefficient (Wildman–Crippen LogP) is 3.25. The summed E-state index contributed by atoms with van der Waals surface area (Å²) in [4.78, 5) is 29.3. The largest absolute Gasteiger partial charge is 0.486 e. The van der Waals surface area contributed by atoms with Crippen molar-refractivity contribution in [2.24, 2.45) is 5.41 Å². The van der Waals surface area contributed by atoms with E-state index in [9.17, 15) is 9.59 Å². The number of para-hydroxylation sites is 1. The van der Waals surface area contributed by atoms with Crippen molar-refractivity contribution in [3.8, 4) is 5.75 Å². The van der Waals surface area contributed by atoms with Gasteiger partial charge >= 0.3 is 0 Å². The molecule has 0 radical (unpaired) electrons. The Labute approximate surface area is 165 Å². The van der Waals surface area contributed by atoms with Crippen LogP contribution in [-0.4, -0.2) is 48.3 Å². The summed E-state index contributed by atoms with van der Waals surface area (Å²) in [5, 5.41) is 0. The van der Waals surface area contributed by atoms with Crippen LogP contribution in [0.4, 0.5) is 0 Å². The van der Waals surface area contributed by atoms with Crippen LogP contribution in [0.1, 0.15) is 41.1 Å². The summed E-state index contributed by atoms with van der Waals surface area (Å²) in [5.41, 5.74) is 0.382. The molecule has 1 aromatic heterocycles. The van der Waals surface area contributed by atoms with E-state index in [2.05, 4.69) is 0 Å². The third-order valence-corrected chi connectivity index (χ3v) is 5.88. The van der Waals surface area contributed by atoms with E-state index in [4.69, 9.17) is 9.15 Å². The molecule has 2 aliphatic rings. The number of likely N-dealkylation sites (tertiary alicyclic amines) is 2. The van der Waals surface area contributed by atoms with Gasteiger partial charge in [0.1, 0.15) is 18.1 Å². The molecular formula is C22H26N2O4. The minimum atomic E-state index is -0.414. The molecule has 28 heavy (non-hydrogen) atoms. The van der Waals surface area contributed by atoms with Crippen LogP contribution in [0.2, 0.25) is 0 Å². The first-order valence-electron chi connectivity index (χ1n) is 9.80. The van der Waals surface area contributed by atoms with Crippen LogP contribution in [-0.2, 0) is 11.4 Å². The van der Waals surface area contributed by atoms with Crippen LogP contribution in [0.15, 0.2) is 40.8 Å². The van der Waals surface area contributed by atoms with Crippen molar-refractivity contribution >= 4 is 11.8 Å². The van der Waals surface area contributed by atoms with Gasteiger partial charge in [0, 0.05) is 32.2 Å². The second-order valence-corrected chi connectivity index (χ2v) is 7.91. The summed E-state index contributed by atoms with van der Waals surface area (Å²) in [5.74, 6) is 1.75. The first-order valence-corrected chi connectivity index (χ1v) is 9.80. The van der Waals surface area contributed by atoms with Gasteiger partial charge in [-0.3, -0.25) is 9.59 Å². The average Bonchev–Trinajstić information content (AvgIpc) is 3.29. The summed E-state index contributed by atoms with van der Waals surface area (Å²) in [6.45, 7) is 4.01. The van der Waals surface area contributed by atoms with Gasteiger partial charge in [-0.2, -0.15) is 0 Å². The van der Waals surface area contributed by atoms with Crippen molar-refractivity contribution in [2.45, 2.75) is 32.8 Å². The molecule has 2 aromatic rings. The normalized spacial score (nSPS) is 22.1. The Morgan fingerprint density at radius 1 is 1.21 bits per heavy atom. The molecule has 2 amide bonds. The number of hydrogen-bond donors (Lipinski definition) is 0. The van der Waals surface area contributed by atoms with E-state index in [0.29, 0.717) is 24.6 Å². The Bertz CT molecular complexity index is 876. The maximum Gasteiger partial charge on any atom is 0.289 e. The highest BCUT2D eigenvalue weighted by Gasteiger charge is 2.49. The Morgan fingerprint density at radius 3 is 2.79 bits per heavy atom. The standard InChI is InChI=1S/C22H26N2O4/c1-16-13-18(14-27-17-7-4-3-5-8-17)28-19(16)20(25)24-12-10-22(15-24)9-6-11-23(2)21(22)26/h3-5,7-8,13H,6,9-12,14-15H2,1-2H3/t22-/m0/s1. The molecule has 2 saturated heterocycles. The molecule has 148 valence electrons. The SMILES string of the molecule is Cc1cc(COc2ccccc2)oc1C(=O)N1CC[C@@]2(CCCN(C)C2=O)C1. The summed E-state index contributed by atoms with van der Waals surface area (Å²) in [6.07, 6.45) is 2.57. The molecule has 0 saturated carbocycles. The Balaban J connectivity index is 1.44. The topological polar surface area (TPSA) is 63.0 Å². The fourth-order valence-corrected chi connectivity index (χ4v) is 4.34. The minimum Gasteiger partial charge on any atom is -0.486 e. The van der Waals surface area contributed by atoms with Crippen molar-refractivity contribution in [3.05, 3.63) is 53.5 Å². The first-order chi connectivity index (χ1) is 13.5. The Kier molecular flexibility index (Phi) is 4.87. The highest BCUT2D eigenvalue weighted by atomic mass is 16.5. The Hall–Kier alpha value is -2.76. The molecule has 1 aromatic carbocycles. The van der Waals surface area contributed by atoms with Crippen LogP contribution in [0.3, 0.4) is 0 Å². The van der Waals surface area contributed by atoms with Crippen LogP contribution in [0, 0.1) is 12.3 Å². The number of aryl methyl sites for hydroxylation is 1. The number of hydrogen-bond acceptors (Lipinski definition) is 4. The monoisotopic (exact) mass is 382 g/mol. The Morgan fingerprint density at radius 2 is 2.00 bits per heavy atom. The van der Waals surface area contributed by atoms with Crippen molar-refractivity contribution in [1.29, 1.82) is 0 Å². The van der Waals surface area contributed by atoms with E-state index in [1.54, 1.807) is 9.80 Å². The molecule has 2 fully saturated rings. The quantitative estimate of drug-likeness (QED) is 0.814. The van der Waals surface area contributed by atoms with E-state index < -0.39 is 5.41 Å². The molecule has 0 N–H and O–H groups in total. The van der Waals surface area contributed by atoms with Crippen molar-refractivity contribution in [3.63, 3.8) is 0 Å². The molecule has 0 aliphatic carbocycles. The van der Waals surface area contributed by atoms with Gasteiger partial charge in [-0.25, -0.2) is 0 Å². The minimum absolute atomic E-state index is 0.138. The van der Waals surface area contributed by atoms with Gasteiger partial charge in [-0.1, -0.05) is 18.2 Å². The van der Waals surface area contributed by atoms with Crippen LogP contribution >= 0.6 is 0 Å². The molecule has 6 nitrogen and oxygen atoms in total. The maximum absolute atomic E-state index is 13.0. The predicted molar refractivity (Wildman–Crippen MR) is 104 cm³/mol. The molecule has 4 rings (SSSR count). The molecule has 6 heteroatoms. The van der Waals surface area contributed by atoms with Crippen molar-refractivity contribution in [2.75, 3.05) is 26.7 Å². The molecule has 1 atom stereocenters. The van der Waals surface area contributed by atoms with Crippen LogP contribution in [0.25, 0.3) is 0 Å². The molecular weight excluding hydrogens is 356 g/mol. The van der Waals surface area contributed by atoms with E-state index in [-0.39, 0.29) is 18.4 Å². The molecule has 0 bridgehead atoms. The average molecular weight is 382 g/mol. The van der Waals surface area contributed by atoms with Gasteiger partial charge in [-0.15, -0.1) is 0 Å². The van der Waals surface area contributed by atoms with Crippen molar-refractivity contribution < 1.29 is 18.7 Å². The zero-order chi connectivity index (χ0) is 19.7. The lowest BCUT2D eigenvalue weighted by molar-refractivity contribution is -0.143. The van der Waals surface area contributed by atoms with Gasteiger partial charge in [0.15, 0.2) is 5.76 Å². The number of amides is 2. The number of carbonyl (C=O) groups excluding carboxylic acids is 2. The maximum atomic E-state index is 13.0. The second-order valence-electron chi connectivity index (χ2n) is 7.91. The van der Waals surface area contributed by atoms with Gasteiger partial charge < -0.3 is 19.0 Å². The van der Waals surface area contributed by atoms with E-state index in [1.165, 1.54) is 0 Å². The summed E-state index contributed by atoms with van der Waals surface area (Å²) >= 11 is 0. The van der Waals surface area contributed by atoms with E-state index >= 15 is 0 Å². The highest BCUT2D eigenvalue weighted by molar-refractivity contribution is 5.94. The number of carbonyl (C=O) groups is 2. The number of piperidine rings is 1. The van der Waals surface area contributed by atoms with Gasteiger partial charge in [0.25, 0.3) is 5.91 Å². The van der Waals surface area contributed by atoms with Gasteiger partial charge in [0.05, 0.1) is 5.41 Å². The van der Waals surface area contributed by atoms with Gasteiger partial charge in [0.2, 0.25) is 5.91 Å². The number of furan rings is 1. The van der Waals surface area contributed by atoms with Gasteiger partial charge in [-0.05, 0) is 44.4 Å². The first kappa shape index (κ1) is 18.6. The molecule has 1 spiro atoms. The second kappa shape index (κ2) is 7.34. The summed E-state index contributed by atoms with van der Waals surface area (Å²) < 4.78 is 11.5. The summed E-state index contributed by atoms with van der Waals surface area (Å²) in [6, 6.07) is 11.4. The fraction of sp³-hybridized carbons (Fsp3) is 0.455. The third kappa shape index (κ3) is 3.39. The number of ether oxygens (including phenoxy) is 1. The van der Waals surface area contributed by atoms with E-state index in [0.717, 1.165) is 37.1 Å². The zero-order valence-corrected chi connectivity index (χ0v) is 16.4. The van der Waals surface area contributed by atoms with Crippen molar-refractivity contribution in [1.82, 2.24) is 9.80 Å². The lowest BCUT2D eigenvalue weighted by Gasteiger charge is -2.37. The third-order valence-electron chi connectivity index (χ3n) is 5.88. The smallest absolute Gasteiger partial charge is 0.289 e. The summed E-state index contributed by atoms with van der Waals surface area (Å²) in [7, 11) is 1.85. The van der Waals surface area contributed by atoms with E-state index in [1.807, 2.05) is 50.4 Å². The number of nitrogens with zero attached hydrogens (tertiary/aromatic N) is 2. The molecule has 2 aliphatic heterocycles. The lowest BCUT2D eigenvalue weighted by Crippen LogP contribution is -2.48.